The number of fused-ring (bicyclic) bond motifs is 1. The van der Waals surface area contributed by atoms with E-state index >= 15 is 0 Å². The molecule has 20 heavy (non-hydrogen) atoms. The fourth-order valence-corrected chi connectivity index (χ4v) is 3.98. The first-order chi connectivity index (χ1) is 9.88. The Morgan fingerprint density at radius 2 is 1.80 bits per heavy atom. The van der Waals surface area contributed by atoms with E-state index in [-0.39, 0.29) is 0 Å². The van der Waals surface area contributed by atoms with Gasteiger partial charge in [-0.2, -0.15) is 8.75 Å². The lowest BCUT2D eigenvalue weighted by atomic mass is 10.0. The van der Waals surface area contributed by atoms with Gasteiger partial charge in [-0.25, -0.2) is 0 Å². The third kappa shape index (κ3) is 2.31. The summed E-state index contributed by atoms with van der Waals surface area (Å²) in [4.78, 5) is 5.00. The van der Waals surface area contributed by atoms with E-state index in [1.54, 1.807) is 0 Å². The molecule has 2 aromatic rings. The lowest BCUT2D eigenvalue weighted by Gasteiger charge is -2.21. The summed E-state index contributed by atoms with van der Waals surface area (Å²) in [5.74, 6) is 2.65. The first-order valence-electron chi connectivity index (χ1n) is 7.17. The summed E-state index contributed by atoms with van der Waals surface area (Å²) in [7, 11) is 0. The topological polar surface area (TPSA) is 32.3 Å². The largest absolute Gasteiger partial charge is 0.354 e. The summed E-state index contributed by atoms with van der Waals surface area (Å²) in [5.41, 5.74) is 1.42. The lowest BCUT2D eigenvalue weighted by molar-refractivity contribution is 0.309. The first-order valence-corrected chi connectivity index (χ1v) is 7.90. The molecule has 0 bridgehead atoms. The van der Waals surface area contributed by atoms with Crippen molar-refractivity contribution in [2.75, 3.05) is 31.1 Å². The molecule has 0 unspecified atom stereocenters. The quantitative estimate of drug-likeness (QED) is 0.865. The summed E-state index contributed by atoms with van der Waals surface area (Å²) < 4.78 is 8.47. The molecule has 2 aliphatic rings. The molecular formula is C15H18N4S. The van der Waals surface area contributed by atoms with Gasteiger partial charge in [-0.1, -0.05) is 30.3 Å². The monoisotopic (exact) mass is 286 g/mol. The molecule has 2 atom stereocenters. The molecule has 2 saturated heterocycles. The molecular weight excluding hydrogens is 268 g/mol. The van der Waals surface area contributed by atoms with Crippen molar-refractivity contribution in [3.63, 3.8) is 0 Å². The fraction of sp³-hybridized carbons (Fsp3) is 0.467. The number of rotatable bonds is 3. The van der Waals surface area contributed by atoms with Crippen molar-refractivity contribution in [2.24, 2.45) is 11.8 Å². The van der Waals surface area contributed by atoms with Gasteiger partial charge in [0.15, 0.2) is 5.82 Å². The van der Waals surface area contributed by atoms with Gasteiger partial charge >= 0.3 is 0 Å². The molecule has 0 radical (unpaired) electrons. The number of hydrogen-bond acceptors (Lipinski definition) is 5. The molecule has 0 aliphatic carbocycles. The highest BCUT2D eigenvalue weighted by Crippen LogP contribution is 2.33. The van der Waals surface area contributed by atoms with Gasteiger partial charge in [-0.05, 0) is 17.4 Å². The van der Waals surface area contributed by atoms with Crippen molar-refractivity contribution in [3.8, 4) is 0 Å². The summed E-state index contributed by atoms with van der Waals surface area (Å²) in [5, 5.41) is 0. The highest BCUT2D eigenvalue weighted by atomic mass is 32.1. The SMILES string of the molecule is c1ccc(CN2C[C@@H]3CN(c4cnsn4)C[C@H]3C2)cc1. The van der Waals surface area contributed by atoms with Crippen LogP contribution in [0.5, 0.6) is 0 Å². The molecule has 0 saturated carbocycles. The Labute approximate surface area is 123 Å². The van der Waals surface area contributed by atoms with Crippen LogP contribution in [-0.4, -0.2) is 39.8 Å². The zero-order chi connectivity index (χ0) is 13.4. The maximum atomic E-state index is 4.36. The highest BCUT2D eigenvalue weighted by molar-refractivity contribution is 6.99. The second-order valence-corrected chi connectivity index (χ2v) is 6.43. The highest BCUT2D eigenvalue weighted by Gasteiger charge is 2.40. The van der Waals surface area contributed by atoms with Crippen LogP contribution >= 0.6 is 11.7 Å². The van der Waals surface area contributed by atoms with Crippen molar-refractivity contribution in [3.05, 3.63) is 42.1 Å². The summed E-state index contributed by atoms with van der Waals surface area (Å²) >= 11 is 1.30. The first kappa shape index (κ1) is 12.3. The van der Waals surface area contributed by atoms with Crippen LogP contribution in [0.25, 0.3) is 0 Å². The smallest absolute Gasteiger partial charge is 0.162 e. The number of anilines is 1. The molecule has 3 heterocycles. The number of nitrogens with zero attached hydrogens (tertiary/aromatic N) is 4. The summed E-state index contributed by atoms with van der Waals surface area (Å²) in [6, 6.07) is 10.8. The van der Waals surface area contributed by atoms with E-state index in [0.717, 1.165) is 37.3 Å². The van der Waals surface area contributed by atoms with Crippen molar-refractivity contribution in [1.82, 2.24) is 13.6 Å². The van der Waals surface area contributed by atoms with Crippen LogP contribution in [0.3, 0.4) is 0 Å². The van der Waals surface area contributed by atoms with Crippen LogP contribution in [0.15, 0.2) is 36.5 Å². The standard InChI is InChI=1S/C15H18N4S/c1-2-4-12(5-3-1)7-18-8-13-10-19(11-14(13)9-18)15-6-16-20-17-15/h1-6,13-14H,7-11H2/t13-,14-/m1/s1. The van der Waals surface area contributed by atoms with Gasteiger partial charge in [-0.3, -0.25) is 4.90 Å². The van der Waals surface area contributed by atoms with Crippen molar-refractivity contribution < 1.29 is 0 Å². The average molecular weight is 286 g/mol. The van der Waals surface area contributed by atoms with Gasteiger partial charge in [0.2, 0.25) is 0 Å². The fourth-order valence-electron chi connectivity index (χ4n) is 3.55. The maximum absolute atomic E-state index is 4.36. The van der Waals surface area contributed by atoms with Crippen LogP contribution in [0, 0.1) is 11.8 Å². The van der Waals surface area contributed by atoms with Crippen molar-refractivity contribution >= 4 is 17.5 Å². The number of aromatic nitrogens is 2. The Hall–Kier alpha value is -1.46. The van der Waals surface area contributed by atoms with E-state index in [4.69, 9.17) is 0 Å². The Morgan fingerprint density at radius 3 is 2.45 bits per heavy atom. The Balaban J connectivity index is 1.37. The van der Waals surface area contributed by atoms with E-state index in [1.165, 1.54) is 30.4 Å². The van der Waals surface area contributed by atoms with E-state index < -0.39 is 0 Å². The molecule has 4 nitrogen and oxygen atoms in total. The van der Waals surface area contributed by atoms with Crippen LogP contribution in [0.2, 0.25) is 0 Å². The van der Waals surface area contributed by atoms with E-state index in [2.05, 4.69) is 48.9 Å². The molecule has 2 fully saturated rings. The molecule has 0 amide bonds. The molecule has 1 aromatic heterocycles. The molecule has 2 aliphatic heterocycles. The summed E-state index contributed by atoms with van der Waals surface area (Å²) in [6.45, 7) is 5.80. The second-order valence-electron chi connectivity index (χ2n) is 5.87. The van der Waals surface area contributed by atoms with Gasteiger partial charge in [0.25, 0.3) is 0 Å². The molecule has 5 heteroatoms. The lowest BCUT2D eigenvalue weighted by Crippen LogP contribution is -2.28. The summed E-state index contributed by atoms with van der Waals surface area (Å²) in [6.07, 6.45) is 1.90. The van der Waals surface area contributed by atoms with Gasteiger partial charge in [0, 0.05) is 32.7 Å². The third-order valence-corrected chi connectivity index (χ3v) is 4.95. The number of hydrogen-bond donors (Lipinski definition) is 0. The zero-order valence-electron chi connectivity index (χ0n) is 11.4. The van der Waals surface area contributed by atoms with E-state index in [9.17, 15) is 0 Å². The molecule has 0 spiro atoms. The minimum absolute atomic E-state index is 0.792. The van der Waals surface area contributed by atoms with Crippen LogP contribution in [0.1, 0.15) is 5.56 Å². The Morgan fingerprint density at radius 1 is 1.05 bits per heavy atom. The normalized spacial score (nSPS) is 26.1. The van der Waals surface area contributed by atoms with Gasteiger partial charge in [0.05, 0.1) is 17.9 Å². The Kier molecular flexibility index (Phi) is 3.16. The van der Waals surface area contributed by atoms with Gasteiger partial charge < -0.3 is 4.90 Å². The minimum Gasteiger partial charge on any atom is -0.354 e. The predicted octanol–water partition coefficient (Wildman–Crippen LogP) is 2.11. The predicted molar refractivity (Wildman–Crippen MR) is 80.8 cm³/mol. The maximum Gasteiger partial charge on any atom is 0.162 e. The Bertz CT molecular complexity index is 543. The minimum atomic E-state index is 0.792. The molecule has 1 aromatic carbocycles. The van der Waals surface area contributed by atoms with E-state index in [1.807, 2.05) is 6.20 Å². The van der Waals surface area contributed by atoms with Crippen molar-refractivity contribution in [1.29, 1.82) is 0 Å². The number of likely N-dealkylation sites (tertiary alicyclic amines) is 1. The van der Waals surface area contributed by atoms with Crippen LogP contribution in [0.4, 0.5) is 5.82 Å². The van der Waals surface area contributed by atoms with Gasteiger partial charge in [0.1, 0.15) is 0 Å². The van der Waals surface area contributed by atoms with E-state index in [0.29, 0.717) is 0 Å². The molecule has 104 valence electrons. The molecule has 4 rings (SSSR count). The number of benzene rings is 1. The zero-order valence-corrected chi connectivity index (χ0v) is 12.2. The van der Waals surface area contributed by atoms with Crippen molar-refractivity contribution in [2.45, 2.75) is 6.54 Å². The third-order valence-electron chi connectivity index (χ3n) is 4.48. The van der Waals surface area contributed by atoms with Crippen LogP contribution in [-0.2, 0) is 6.54 Å². The second kappa shape index (κ2) is 5.14. The van der Waals surface area contributed by atoms with Crippen LogP contribution < -0.4 is 4.90 Å². The molecule has 0 N–H and O–H groups in total. The van der Waals surface area contributed by atoms with Gasteiger partial charge in [-0.15, -0.1) is 0 Å². The average Bonchev–Trinajstić information content (AvgIpc) is 3.13.